The summed E-state index contributed by atoms with van der Waals surface area (Å²) in [4.78, 5) is 15.7. The predicted octanol–water partition coefficient (Wildman–Crippen LogP) is 3.37. The van der Waals surface area contributed by atoms with E-state index in [2.05, 4.69) is 15.6 Å². The zero-order valence-corrected chi connectivity index (χ0v) is 16.7. The lowest BCUT2D eigenvalue weighted by atomic mass is 10.1. The van der Waals surface area contributed by atoms with Crippen molar-refractivity contribution in [3.8, 4) is 17.2 Å². The van der Waals surface area contributed by atoms with Crippen molar-refractivity contribution in [3.63, 3.8) is 0 Å². The predicted molar refractivity (Wildman–Crippen MR) is 106 cm³/mol. The molecular weight excluding hydrogens is 403 g/mol. The number of carbonyl (C=O) groups excluding carboxylic acids is 1. The van der Waals surface area contributed by atoms with Crippen LogP contribution in [0.4, 0.5) is 19.0 Å². The fraction of sp³-hybridized carbons (Fsp3) is 0.300. The molecule has 2 rings (SSSR count). The van der Waals surface area contributed by atoms with Crippen molar-refractivity contribution in [2.45, 2.75) is 6.18 Å². The molecule has 10 heteroatoms. The Morgan fingerprint density at radius 1 is 1.10 bits per heavy atom. The minimum absolute atomic E-state index is 0.0733. The van der Waals surface area contributed by atoms with Crippen LogP contribution >= 0.6 is 0 Å². The number of amides is 1. The van der Waals surface area contributed by atoms with Crippen LogP contribution in [-0.4, -0.2) is 45.3 Å². The highest BCUT2D eigenvalue weighted by Gasteiger charge is 2.33. The van der Waals surface area contributed by atoms with Crippen LogP contribution in [-0.2, 0) is 11.0 Å². The molecule has 0 aliphatic carbocycles. The van der Waals surface area contributed by atoms with Gasteiger partial charge in [0.15, 0.2) is 11.5 Å². The highest BCUT2D eigenvalue weighted by Crippen LogP contribution is 2.38. The molecule has 2 N–H and O–H groups in total. The van der Waals surface area contributed by atoms with Gasteiger partial charge in [-0.15, -0.1) is 0 Å². The molecule has 0 saturated carbocycles. The van der Waals surface area contributed by atoms with E-state index < -0.39 is 17.6 Å². The minimum atomic E-state index is -4.51. The molecule has 0 aliphatic heterocycles. The number of hydrogen-bond acceptors (Lipinski definition) is 6. The number of methoxy groups -OCH3 is 3. The summed E-state index contributed by atoms with van der Waals surface area (Å²) in [6.45, 7) is 0.177. The standard InChI is InChI=1S/C20H22F3N3O4/c1-28-15-11-13(12-16(29-2)18(15)30-3)6-7-17(27)24-9-10-26-19-14(20(21,22)23)5-4-8-25-19/h4-8,11-12H,9-10H2,1-3H3,(H,24,27)(H,25,26). The second kappa shape index (κ2) is 10.4. The summed E-state index contributed by atoms with van der Waals surface area (Å²) in [5.41, 5.74) is -0.222. The van der Waals surface area contributed by atoms with Crippen LogP contribution in [0.5, 0.6) is 17.2 Å². The van der Waals surface area contributed by atoms with E-state index in [1.54, 1.807) is 18.2 Å². The zero-order valence-electron chi connectivity index (χ0n) is 16.7. The SMILES string of the molecule is COc1cc(C=CC(=O)NCCNc2ncccc2C(F)(F)F)cc(OC)c1OC. The van der Waals surface area contributed by atoms with Crippen molar-refractivity contribution in [2.75, 3.05) is 39.7 Å². The van der Waals surface area contributed by atoms with Gasteiger partial charge in [0.2, 0.25) is 11.7 Å². The normalized spacial score (nSPS) is 11.3. The van der Waals surface area contributed by atoms with E-state index in [-0.39, 0.29) is 18.9 Å². The molecule has 1 aromatic carbocycles. The Hall–Kier alpha value is -3.43. The maximum absolute atomic E-state index is 12.9. The van der Waals surface area contributed by atoms with E-state index in [0.29, 0.717) is 22.8 Å². The molecule has 0 bridgehead atoms. The lowest BCUT2D eigenvalue weighted by Gasteiger charge is -2.13. The molecule has 0 unspecified atom stereocenters. The van der Waals surface area contributed by atoms with Crippen molar-refractivity contribution in [1.82, 2.24) is 10.3 Å². The van der Waals surface area contributed by atoms with Crippen molar-refractivity contribution >= 4 is 17.8 Å². The van der Waals surface area contributed by atoms with Gasteiger partial charge in [0.05, 0.1) is 26.9 Å². The Morgan fingerprint density at radius 3 is 2.33 bits per heavy atom. The molecule has 0 atom stereocenters. The van der Waals surface area contributed by atoms with E-state index in [9.17, 15) is 18.0 Å². The first kappa shape index (κ1) is 22.9. The molecule has 0 spiro atoms. The number of anilines is 1. The average Bonchev–Trinajstić information content (AvgIpc) is 2.73. The summed E-state index contributed by atoms with van der Waals surface area (Å²) in [5.74, 6) is 0.615. The van der Waals surface area contributed by atoms with Gasteiger partial charge >= 0.3 is 6.18 Å². The largest absolute Gasteiger partial charge is 0.493 e. The van der Waals surface area contributed by atoms with Crippen molar-refractivity contribution < 1.29 is 32.2 Å². The fourth-order valence-corrected chi connectivity index (χ4v) is 2.57. The van der Waals surface area contributed by atoms with Crippen LogP contribution in [0.1, 0.15) is 11.1 Å². The lowest BCUT2D eigenvalue weighted by molar-refractivity contribution is -0.137. The third-order valence-corrected chi connectivity index (χ3v) is 3.94. The van der Waals surface area contributed by atoms with Crippen molar-refractivity contribution in [2.24, 2.45) is 0 Å². The summed E-state index contributed by atoms with van der Waals surface area (Å²) in [5, 5.41) is 5.15. The molecule has 0 radical (unpaired) electrons. The Labute approximate surface area is 171 Å². The lowest BCUT2D eigenvalue weighted by Crippen LogP contribution is -2.27. The number of alkyl halides is 3. The third-order valence-electron chi connectivity index (χ3n) is 3.94. The minimum Gasteiger partial charge on any atom is -0.493 e. The van der Waals surface area contributed by atoms with E-state index in [1.165, 1.54) is 39.7 Å². The number of halogens is 3. The number of nitrogens with zero attached hydrogens (tertiary/aromatic N) is 1. The summed E-state index contributed by atoms with van der Waals surface area (Å²) >= 11 is 0. The van der Waals surface area contributed by atoms with Crippen LogP contribution in [0.3, 0.4) is 0 Å². The summed E-state index contributed by atoms with van der Waals surface area (Å²) in [6, 6.07) is 5.50. The summed E-state index contributed by atoms with van der Waals surface area (Å²) in [7, 11) is 4.45. The first-order chi connectivity index (χ1) is 14.3. The summed E-state index contributed by atoms with van der Waals surface area (Å²) in [6.07, 6.45) is -0.407. The molecule has 2 aromatic rings. The van der Waals surface area contributed by atoms with Crippen molar-refractivity contribution in [1.29, 1.82) is 0 Å². The fourth-order valence-electron chi connectivity index (χ4n) is 2.57. The Balaban J connectivity index is 1.92. The molecular formula is C20H22F3N3O4. The molecule has 1 aromatic heterocycles. The van der Waals surface area contributed by atoms with Gasteiger partial charge in [0.25, 0.3) is 0 Å². The van der Waals surface area contributed by atoms with E-state index in [0.717, 1.165) is 6.07 Å². The highest BCUT2D eigenvalue weighted by molar-refractivity contribution is 5.91. The third kappa shape index (κ3) is 6.03. The Morgan fingerprint density at radius 2 is 1.77 bits per heavy atom. The van der Waals surface area contributed by atoms with Gasteiger partial charge in [-0.3, -0.25) is 4.79 Å². The number of hydrogen-bond donors (Lipinski definition) is 2. The van der Waals surface area contributed by atoms with Gasteiger partial charge in [0, 0.05) is 25.4 Å². The van der Waals surface area contributed by atoms with E-state index in [4.69, 9.17) is 14.2 Å². The van der Waals surface area contributed by atoms with Crippen LogP contribution in [0.2, 0.25) is 0 Å². The number of carbonyl (C=O) groups is 1. The molecule has 0 aliphatic rings. The smallest absolute Gasteiger partial charge is 0.419 e. The number of aromatic nitrogens is 1. The Bertz CT molecular complexity index is 876. The quantitative estimate of drug-likeness (QED) is 0.474. The van der Waals surface area contributed by atoms with Gasteiger partial charge in [-0.25, -0.2) is 4.98 Å². The Kier molecular flexibility index (Phi) is 7.90. The van der Waals surface area contributed by atoms with Gasteiger partial charge in [0.1, 0.15) is 5.82 Å². The van der Waals surface area contributed by atoms with E-state index in [1.807, 2.05) is 0 Å². The molecule has 1 amide bonds. The van der Waals surface area contributed by atoms with Gasteiger partial charge in [-0.05, 0) is 35.9 Å². The van der Waals surface area contributed by atoms with E-state index >= 15 is 0 Å². The summed E-state index contributed by atoms with van der Waals surface area (Å²) < 4.78 is 54.5. The molecule has 0 fully saturated rings. The first-order valence-corrected chi connectivity index (χ1v) is 8.82. The van der Waals surface area contributed by atoms with Gasteiger partial charge in [-0.2, -0.15) is 13.2 Å². The molecule has 30 heavy (non-hydrogen) atoms. The highest BCUT2D eigenvalue weighted by atomic mass is 19.4. The number of ether oxygens (including phenoxy) is 3. The molecule has 0 saturated heterocycles. The maximum atomic E-state index is 12.9. The zero-order chi connectivity index (χ0) is 22.1. The average molecular weight is 425 g/mol. The van der Waals surface area contributed by atoms with Gasteiger partial charge in [-0.1, -0.05) is 0 Å². The molecule has 1 heterocycles. The first-order valence-electron chi connectivity index (χ1n) is 8.82. The second-order valence-corrected chi connectivity index (χ2v) is 5.91. The number of benzene rings is 1. The maximum Gasteiger partial charge on any atom is 0.419 e. The van der Waals surface area contributed by atoms with Crippen LogP contribution in [0.15, 0.2) is 36.5 Å². The number of rotatable bonds is 9. The monoisotopic (exact) mass is 425 g/mol. The molecule has 162 valence electrons. The van der Waals surface area contributed by atoms with Gasteiger partial charge < -0.3 is 24.8 Å². The second-order valence-electron chi connectivity index (χ2n) is 5.91. The van der Waals surface area contributed by atoms with Crippen LogP contribution < -0.4 is 24.8 Å². The topological polar surface area (TPSA) is 81.7 Å². The number of pyridine rings is 1. The van der Waals surface area contributed by atoms with Crippen LogP contribution in [0, 0.1) is 0 Å². The number of nitrogens with one attached hydrogen (secondary N) is 2. The van der Waals surface area contributed by atoms with Crippen LogP contribution in [0.25, 0.3) is 6.08 Å². The van der Waals surface area contributed by atoms with Crippen molar-refractivity contribution in [3.05, 3.63) is 47.7 Å². The molecule has 7 nitrogen and oxygen atoms in total.